The smallest absolute Gasteiger partial charge is 0.273 e. The molecule has 0 saturated carbocycles. The molecule has 4 heterocycles. The van der Waals surface area contributed by atoms with E-state index in [1.165, 1.54) is 22.5 Å². The van der Waals surface area contributed by atoms with Crippen molar-refractivity contribution in [1.82, 2.24) is 25.0 Å². The Morgan fingerprint density at radius 3 is 2.69 bits per heavy atom. The molecule has 2 saturated heterocycles. The van der Waals surface area contributed by atoms with Crippen LogP contribution in [-0.2, 0) is 38.3 Å². The molecule has 1 atom stereocenters. The van der Waals surface area contributed by atoms with Crippen LogP contribution in [0.1, 0.15) is 84.6 Å². The Bertz CT molecular complexity index is 1830. The number of phenols is 1. The molecule has 3 aromatic rings. The normalized spacial score (nSPS) is 17.1. The van der Waals surface area contributed by atoms with Gasteiger partial charge in [0, 0.05) is 50.7 Å². The van der Waals surface area contributed by atoms with Gasteiger partial charge < -0.3 is 44.7 Å². The van der Waals surface area contributed by atoms with Gasteiger partial charge in [-0.1, -0.05) is 50.1 Å². The van der Waals surface area contributed by atoms with E-state index in [1.54, 1.807) is 6.07 Å². The number of thiazole rings is 1. The Balaban J connectivity index is 0.876. The van der Waals surface area contributed by atoms with Gasteiger partial charge in [-0.3, -0.25) is 14.4 Å². The molecule has 0 radical (unpaired) electrons. The number of carbonyl (C=O) groups is 3. The molecule has 2 fully saturated rings. The molecule has 3 amide bonds. The second-order valence-corrected chi connectivity index (χ2v) is 17.0. The number of aromatic hydroxyl groups is 1. The fourth-order valence-electron chi connectivity index (χ4n) is 8.16. The quantitative estimate of drug-likeness (QED) is 0.103. The number of ether oxygens (including phenoxy) is 3. The van der Waals surface area contributed by atoms with E-state index in [0.717, 1.165) is 75.2 Å². The van der Waals surface area contributed by atoms with Crippen LogP contribution in [0.4, 0.5) is 5.69 Å². The minimum Gasteiger partial charge on any atom is -0.506 e. The van der Waals surface area contributed by atoms with Crippen molar-refractivity contribution in [2.75, 3.05) is 84.1 Å². The number of benzene rings is 2. The first-order valence-corrected chi connectivity index (χ1v) is 22.0. The summed E-state index contributed by atoms with van der Waals surface area (Å²) in [5.74, 6) is 0.350. The number of aryl methyl sites for hydroxylation is 1. The Morgan fingerprint density at radius 2 is 1.91 bits per heavy atom. The summed E-state index contributed by atoms with van der Waals surface area (Å²) in [5, 5.41) is 19.1. The second kappa shape index (κ2) is 21.3. The van der Waals surface area contributed by atoms with E-state index in [2.05, 4.69) is 58.6 Å². The van der Waals surface area contributed by atoms with Crippen LogP contribution < -0.4 is 15.4 Å². The molecule has 58 heavy (non-hydrogen) atoms. The van der Waals surface area contributed by atoms with Crippen molar-refractivity contribution in [3.8, 4) is 11.5 Å². The van der Waals surface area contributed by atoms with Crippen molar-refractivity contribution < 1.29 is 33.7 Å². The Morgan fingerprint density at radius 1 is 1.10 bits per heavy atom. The topological polar surface area (TPSA) is 146 Å². The van der Waals surface area contributed by atoms with Crippen LogP contribution in [0.3, 0.4) is 0 Å². The molecule has 1 spiro atoms. The molecule has 1 aromatic heterocycles. The van der Waals surface area contributed by atoms with Gasteiger partial charge in [0.2, 0.25) is 5.91 Å². The van der Waals surface area contributed by atoms with Gasteiger partial charge in [-0.25, -0.2) is 4.98 Å². The maximum absolute atomic E-state index is 13.4. The summed E-state index contributed by atoms with van der Waals surface area (Å²) in [7, 11) is 0. The molecule has 6 rings (SSSR count). The molecule has 3 aliphatic heterocycles. The van der Waals surface area contributed by atoms with Gasteiger partial charge in [-0.2, -0.15) is 0 Å². The number of aromatic nitrogens is 1. The molecular weight excluding hydrogens is 757 g/mol. The van der Waals surface area contributed by atoms with Crippen LogP contribution in [0.2, 0.25) is 0 Å². The number of piperidine rings is 1. The fourth-order valence-corrected chi connectivity index (χ4v) is 8.74. The molecule has 316 valence electrons. The van der Waals surface area contributed by atoms with Gasteiger partial charge in [0.25, 0.3) is 11.8 Å². The first-order chi connectivity index (χ1) is 28.1. The highest BCUT2D eigenvalue weighted by Crippen LogP contribution is 2.39. The van der Waals surface area contributed by atoms with E-state index in [-0.39, 0.29) is 41.7 Å². The highest BCUT2D eigenvalue weighted by molar-refractivity contribution is 7.09. The van der Waals surface area contributed by atoms with E-state index in [4.69, 9.17) is 14.2 Å². The SMILES string of the molecule is CCCC[C@@H](C)N(CCNCCc1ccc(O)c2c1OCC(=O)N2)C(=O)CCOCCc1cccc(CCN2CCC3(CC2)CN(C(=O)c2csc(C)n2)CCO3)c1. The summed E-state index contributed by atoms with van der Waals surface area (Å²) in [5.41, 5.74) is 4.06. The lowest BCUT2D eigenvalue weighted by atomic mass is 9.89. The second-order valence-electron chi connectivity index (χ2n) is 15.9. The number of amides is 3. The summed E-state index contributed by atoms with van der Waals surface area (Å²) in [6, 6.07) is 12.3. The number of anilines is 1. The van der Waals surface area contributed by atoms with Crippen molar-refractivity contribution in [3.63, 3.8) is 0 Å². The third-order valence-electron chi connectivity index (χ3n) is 11.6. The third-order valence-corrected chi connectivity index (χ3v) is 12.4. The standard InChI is InChI=1S/C44H62N6O7S/c1-4-5-7-32(2)50(23-19-45-18-12-36-10-11-38(51)41-42(36)56-29-39(52)47-41)40(53)15-26-55-25-14-35-9-6-8-34(28-35)13-20-48-21-16-44(17-22-48)31-49(24-27-57-44)43(54)37-30-58-33(3)46-37/h6,8-11,28,30,32,45,51H,4-5,7,12-27,29,31H2,1-3H3,(H,47,52)/t32-/m1/s1. The van der Waals surface area contributed by atoms with Crippen molar-refractivity contribution in [1.29, 1.82) is 0 Å². The number of phenolic OH excluding ortho intramolecular Hbond substituents is 1. The number of fused-ring (bicyclic) bond motifs is 1. The number of carbonyl (C=O) groups excluding carboxylic acids is 3. The van der Waals surface area contributed by atoms with Gasteiger partial charge in [-0.15, -0.1) is 11.3 Å². The number of unbranched alkanes of at least 4 members (excludes halogenated alkanes) is 1. The zero-order valence-corrected chi connectivity index (χ0v) is 35.4. The minimum absolute atomic E-state index is 0.00917. The van der Waals surface area contributed by atoms with Gasteiger partial charge in [-0.05, 0) is 81.7 Å². The lowest BCUT2D eigenvalue weighted by molar-refractivity contribution is -0.134. The monoisotopic (exact) mass is 818 g/mol. The predicted octanol–water partition coefficient (Wildman–Crippen LogP) is 5.23. The van der Waals surface area contributed by atoms with Crippen LogP contribution in [0.15, 0.2) is 41.8 Å². The number of rotatable bonds is 20. The molecule has 0 unspecified atom stereocenters. The van der Waals surface area contributed by atoms with E-state index >= 15 is 0 Å². The summed E-state index contributed by atoms with van der Waals surface area (Å²) in [4.78, 5) is 49.1. The van der Waals surface area contributed by atoms with Crippen molar-refractivity contribution in [2.45, 2.75) is 90.2 Å². The zero-order valence-electron chi connectivity index (χ0n) is 34.6. The maximum atomic E-state index is 13.4. The molecule has 3 N–H and O–H groups in total. The highest BCUT2D eigenvalue weighted by atomic mass is 32.1. The first-order valence-electron chi connectivity index (χ1n) is 21.1. The van der Waals surface area contributed by atoms with E-state index in [1.807, 2.05) is 28.2 Å². The van der Waals surface area contributed by atoms with E-state index in [0.29, 0.717) is 82.5 Å². The molecule has 3 aliphatic rings. The summed E-state index contributed by atoms with van der Waals surface area (Å²) < 4.78 is 17.9. The number of hydrogen-bond donors (Lipinski definition) is 3. The van der Waals surface area contributed by atoms with Gasteiger partial charge in [0.1, 0.15) is 17.1 Å². The largest absolute Gasteiger partial charge is 0.506 e. The third kappa shape index (κ3) is 12.0. The number of nitrogens with one attached hydrogen (secondary N) is 2. The molecular formula is C44H62N6O7S. The lowest BCUT2D eigenvalue weighted by Crippen LogP contribution is -2.58. The van der Waals surface area contributed by atoms with Gasteiger partial charge in [0.15, 0.2) is 12.4 Å². The Labute approximate surface area is 347 Å². The number of morpholine rings is 1. The van der Waals surface area contributed by atoms with Crippen molar-refractivity contribution in [3.05, 3.63) is 69.2 Å². The van der Waals surface area contributed by atoms with Crippen LogP contribution in [0.5, 0.6) is 11.5 Å². The molecule has 13 nitrogen and oxygen atoms in total. The Kier molecular flexibility index (Phi) is 15.9. The number of hydrogen-bond acceptors (Lipinski definition) is 11. The first kappa shape index (κ1) is 43.5. The fraction of sp³-hybridized carbons (Fsp3) is 0.591. The predicted molar refractivity (Wildman–Crippen MR) is 226 cm³/mol. The summed E-state index contributed by atoms with van der Waals surface area (Å²) in [6.07, 6.45) is 7.72. The summed E-state index contributed by atoms with van der Waals surface area (Å²) >= 11 is 1.51. The zero-order chi connectivity index (χ0) is 40.9. The summed E-state index contributed by atoms with van der Waals surface area (Å²) in [6.45, 7) is 13.8. The molecule has 2 aromatic carbocycles. The van der Waals surface area contributed by atoms with Crippen LogP contribution in [0.25, 0.3) is 0 Å². The van der Waals surface area contributed by atoms with Crippen molar-refractivity contribution >= 4 is 34.7 Å². The van der Waals surface area contributed by atoms with Crippen molar-refractivity contribution in [2.24, 2.45) is 0 Å². The molecule has 14 heteroatoms. The molecule has 0 bridgehead atoms. The van der Waals surface area contributed by atoms with E-state index in [9.17, 15) is 19.5 Å². The number of likely N-dealkylation sites (tertiary alicyclic amines) is 1. The highest BCUT2D eigenvalue weighted by Gasteiger charge is 2.41. The maximum Gasteiger partial charge on any atom is 0.273 e. The average molecular weight is 819 g/mol. The van der Waals surface area contributed by atoms with Crippen LogP contribution in [0, 0.1) is 6.92 Å². The van der Waals surface area contributed by atoms with E-state index < -0.39 is 0 Å². The van der Waals surface area contributed by atoms with Gasteiger partial charge >= 0.3 is 0 Å². The van der Waals surface area contributed by atoms with Crippen LogP contribution in [-0.4, -0.2) is 133 Å². The van der Waals surface area contributed by atoms with Gasteiger partial charge in [0.05, 0.1) is 43.4 Å². The lowest BCUT2D eigenvalue weighted by Gasteiger charge is -2.47. The molecule has 0 aliphatic carbocycles. The minimum atomic E-state index is -0.284. The van der Waals surface area contributed by atoms with Crippen LogP contribution >= 0.6 is 11.3 Å². The Hall–Kier alpha value is -4.08. The number of nitrogens with zero attached hydrogens (tertiary/aromatic N) is 4. The average Bonchev–Trinajstić information content (AvgIpc) is 3.67.